The number of amides is 1. The van der Waals surface area contributed by atoms with Gasteiger partial charge in [-0.25, -0.2) is 0 Å². The van der Waals surface area contributed by atoms with Crippen molar-refractivity contribution in [2.75, 3.05) is 7.05 Å². The molecule has 0 spiro atoms. The monoisotopic (exact) mass is 594 g/mol. The van der Waals surface area contributed by atoms with Gasteiger partial charge < -0.3 is 4.90 Å². The number of rotatable bonds is 13. The standard InChI is InChI=1S/C42H46N2O/c1-33(41(45)43(4)34(2)38-21-13-7-14-22-38)29-42(3,30-35-25-27-40(28-26-35)39-23-15-8-16-24-39)44(31-36-17-9-5-10-18-36)32-37-19-11-6-12-20-37/h5-28,33-34H,29-32H2,1-4H3/t33-,34-,42+/m1/s1. The molecule has 5 rings (SSSR count). The van der Waals surface area contributed by atoms with Crippen molar-refractivity contribution in [2.45, 2.75) is 58.3 Å². The Morgan fingerprint density at radius 3 is 1.56 bits per heavy atom. The quantitative estimate of drug-likeness (QED) is 0.136. The van der Waals surface area contributed by atoms with E-state index in [0.717, 1.165) is 31.5 Å². The summed E-state index contributed by atoms with van der Waals surface area (Å²) >= 11 is 0. The van der Waals surface area contributed by atoms with Crippen LogP contribution in [0, 0.1) is 5.92 Å². The third kappa shape index (κ3) is 8.38. The first-order valence-electron chi connectivity index (χ1n) is 16.1. The Morgan fingerprint density at radius 1 is 0.600 bits per heavy atom. The molecule has 0 aromatic heterocycles. The van der Waals surface area contributed by atoms with Gasteiger partial charge in [0.15, 0.2) is 0 Å². The van der Waals surface area contributed by atoms with Crippen LogP contribution in [-0.2, 0) is 24.3 Å². The number of hydrogen-bond donors (Lipinski definition) is 0. The number of nitrogens with zero attached hydrogens (tertiary/aromatic N) is 2. The molecular weight excluding hydrogens is 548 g/mol. The highest BCUT2D eigenvalue weighted by molar-refractivity contribution is 5.78. The van der Waals surface area contributed by atoms with Crippen molar-refractivity contribution >= 4 is 5.91 Å². The van der Waals surface area contributed by atoms with Crippen LogP contribution in [0.25, 0.3) is 11.1 Å². The molecule has 0 N–H and O–H groups in total. The fourth-order valence-corrected chi connectivity index (χ4v) is 6.48. The van der Waals surface area contributed by atoms with Gasteiger partial charge in [-0.3, -0.25) is 9.69 Å². The van der Waals surface area contributed by atoms with E-state index in [1.807, 2.05) is 30.1 Å². The van der Waals surface area contributed by atoms with Crippen LogP contribution in [0.2, 0.25) is 0 Å². The van der Waals surface area contributed by atoms with Gasteiger partial charge in [0.1, 0.15) is 0 Å². The molecule has 1 amide bonds. The highest BCUT2D eigenvalue weighted by Gasteiger charge is 2.37. The molecule has 45 heavy (non-hydrogen) atoms. The fraction of sp³-hybridized carbons (Fsp3) is 0.262. The minimum Gasteiger partial charge on any atom is -0.339 e. The van der Waals surface area contributed by atoms with E-state index in [9.17, 15) is 4.79 Å². The topological polar surface area (TPSA) is 23.6 Å². The van der Waals surface area contributed by atoms with E-state index in [0.29, 0.717) is 0 Å². The van der Waals surface area contributed by atoms with Gasteiger partial charge in [0.05, 0.1) is 6.04 Å². The summed E-state index contributed by atoms with van der Waals surface area (Å²) < 4.78 is 0. The highest BCUT2D eigenvalue weighted by atomic mass is 16.2. The van der Waals surface area contributed by atoms with Crippen molar-refractivity contribution < 1.29 is 4.79 Å². The average molecular weight is 595 g/mol. The Bertz CT molecular complexity index is 1560. The van der Waals surface area contributed by atoms with Crippen LogP contribution in [0.3, 0.4) is 0 Å². The zero-order valence-corrected chi connectivity index (χ0v) is 27.1. The molecule has 5 aromatic rings. The fourth-order valence-electron chi connectivity index (χ4n) is 6.48. The summed E-state index contributed by atoms with van der Waals surface area (Å²) in [5.41, 5.74) is 7.10. The van der Waals surface area contributed by atoms with Gasteiger partial charge in [-0.05, 0) is 60.1 Å². The lowest BCUT2D eigenvalue weighted by molar-refractivity contribution is -0.137. The van der Waals surface area contributed by atoms with Gasteiger partial charge in [0, 0.05) is 31.6 Å². The van der Waals surface area contributed by atoms with Gasteiger partial charge >= 0.3 is 0 Å². The van der Waals surface area contributed by atoms with Crippen LogP contribution in [0.5, 0.6) is 0 Å². The average Bonchev–Trinajstić information content (AvgIpc) is 3.09. The van der Waals surface area contributed by atoms with E-state index in [2.05, 4.69) is 153 Å². The number of carbonyl (C=O) groups is 1. The molecule has 5 aromatic carbocycles. The molecule has 0 aliphatic carbocycles. The normalized spacial score (nSPS) is 14.0. The third-order valence-corrected chi connectivity index (χ3v) is 9.22. The molecule has 0 radical (unpaired) electrons. The van der Waals surface area contributed by atoms with E-state index >= 15 is 0 Å². The lowest BCUT2D eigenvalue weighted by atomic mass is 9.81. The molecule has 0 aliphatic heterocycles. The summed E-state index contributed by atoms with van der Waals surface area (Å²) in [6.45, 7) is 8.17. The van der Waals surface area contributed by atoms with Gasteiger partial charge in [-0.2, -0.15) is 0 Å². The summed E-state index contributed by atoms with van der Waals surface area (Å²) in [6.07, 6.45) is 1.56. The molecule has 3 atom stereocenters. The Kier molecular flexibility index (Phi) is 10.7. The minimum atomic E-state index is -0.300. The maximum Gasteiger partial charge on any atom is 0.225 e. The first-order chi connectivity index (χ1) is 21.8. The Hall–Kier alpha value is -4.47. The molecule has 0 unspecified atom stereocenters. The molecule has 0 saturated heterocycles. The lowest BCUT2D eigenvalue weighted by Crippen LogP contribution is -2.50. The molecule has 3 nitrogen and oxygen atoms in total. The van der Waals surface area contributed by atoms with Crippen LogP contribution in [0.4, 0.5) is 0 Å². The Labute approximate surface area is 270 Å². The van der Waals surface area contributed by atoms with Crippen molar-refractivity contribution in [1.29, 1.82) is 0 Å². The predicted octanol–water partition coefficient (Wildman–Crippen LogP) is 9.60. The molecule has 0 bridgehead atoms. The molecule has 0 saturated carbocycles. The van der Waals surface area contributed by atoms with E-state index in [1.54, 1.807) is 0 Å². The zero-order chi connectivity index (χ0) is 31.6. The van der Waals surface area contributed by atoms with Crippen LogP contribution in [0.15, 0.2) is 146 Å². The molecule has 0 heterocycles. The lowest BCUT2D eigenvalue weighted by Gasteiger charge is -2.44. The number of hydrogen-bond acceptors (Lipinski definition) is 2. The predicted molar refractivity (Wildman–Crippen MR) is 188 cm³/mol. The Balaban J connectivity index is 1.46. The van der Waals surface area contributed by atoms with E-state index in [1.165, 1.54) is 27.8 Å². The minimum absolute atomic E-state index is 0.00248. The first kappa shape index (κ1) is 31.9. The largest absolute Gasteiger partial charge is 0.339 e. The first-order valence-corrected chi connectivity index (χ1v) is 16.1. The third-order valence-electron chi connectivity index (χ3n) is 9.22. The molecular formula is C42H46N2O. The van der Waals surface area contributed by atoms with Crippen molar-refractivity contribution in [1.82, 2.24) is 9.80 Å². The van der Waals surface area contributed by atoms with Crippen molar-refractivity contribution in [3.05, 3.63) is 168 Å². The second kappa shape index (κ2) is 15.0. The summed E-state index contributed by atoms with van der Waals surface area (Å²) in [6, 6.07) is 51.2. The second-order valence-corrected chi connectivity index (χ2v) is 12.7. The highest BCUT2D eigenvalue weighted by Crippen LogP contribution is 2.34. The SMILES string of the molecule is C[C@H](C[C@@](C)(Cc1ccc(-c2ccccc2)cc1)N(Cc1ccccc1)Cc1ccccc1)C(=O)N(C)[C@H](C)c1ccccc1. The molecule has 0 aliphatic rings. The van der Waals surface area contributed by atoms with E-state index in [-0.39, 0.29) is 23.4 Å². The van der Waals surface area contributed by atoms with Crippen LogP contribution >= 0.6 is 0 Å². The maximum absolute atomic E-state index is 14.0. The second-order valence-electron chi connectivity index (χ2n) is 12.7. The van der Waals surface area contributed by atoms with Gasteiger partial charge in [-0.1, -0.05) is 153 Å². The zero-order valence-electron chi connectivity index (χ0n) is 27.1. The van der Waals surface area contributed by atoms with Crippen LogP contribution in [0.1, 0.15) is 55.5 Å². The van der Waals surface area contributed by atoms with Crippen molar-refractivity contribution in [2.24, 2.45) is 5.92 Å². The van der Waals surface area contributed by atoms with E-state index in [4.69, 9.17) is 0 Å². The van der Waals surface area contributed by atoms with Crippen molar-refractivity contribution in [3.8, 4) is 11.1 Å². The number of benzene rings is 5. The smallest absolute Gasteiger partial charge is 0.225 e. The summed E-state index contributed by atoms with van der Waals surface area (Å²) in [5, 5.41) is 0. The maximum atomic E-state index is 14.0. The summed E-state index contributed by atoms with van der Waals surface area (Å²) in [7, 11) is 1.95. The summed E-state index contributed by atoms with van der Waals surface area (Å²) in [4.78, 5) is 18.6. The van der Waals surface area contributed by atoms with Crippen molar-refractivity contribution in [3.63, 3.8) is 0 Å². The van der Waals surface area contributed by atoms with Crippen LogP contribution < -0.4 is 0 Å². The Morgan fingerprint density at radius 2 is 1.04 bits per heavy atom. The molecule has 0 fully saturated rings. The van der Waals surface area contributed by atoms with E-state index < -0.39 is 0 Å². The van der Waals surface area contributed by atoms with Gasteiger partial charge in [0.2, 0.25) is 5.91 Å². The molecule has 230 valence electrons. The summed E-state index contributed by atoms with van der Waals surface area (Å²) in [5.74, 6) is 0.0141. The van der Waals surface area contributed by atoms with Crippen LogP contribution in [-0.4, -0.2) is 28.3 Å². The van der Waals surface area contributed by atoms with Gasteiger partial charge in [-0.15, -0.1) is 0 Å². The number of carbonyl (C=O) groups excluding carboxylic acids is 1. The molecule has 3 heteroatoms. The van der Waals surface area contributed by atoms with Gasteiger partial charge in [0.25, 0.3) is 0 Å².